The highest BCUT2D eigenvalue weighted by Crippen LogP contribution is 2.17. The van der Waals surface area contributed by atoms with Crippen molar-refractivity contribution in [2.24, 2.45) is 4.99 Å². The van der Waals surface area contributed by atoms with Gasteiger partial charge in [0.15, 0.2) is 5.96 Å². The molecule has 0 saturated heterocycles. The van der Waals surface area contributed by atoms with Gasteiger partial charge in [0.25, 0.3) is 5.91 Å². The maximum atomic E-state index is 12.2. The van der Waals surface area contributed by atoms with Gasteiger partial charge >= 0.3 is 0 Å². The summed E-state index contributed by atoms with van der Waals surface area (Å²) in [4.78, 5) is 16.8. The van der Waals surface area contributed by atoms with E-state index >= 15 is 0 Å². The largest absolute Gasteiger partial charge is 0.496 e. The zero-order chi connectivity index (χ0) is 21.8. The highest BCUT2D eigenvalue weighted by molar-refractivity contribution is 5.94. The fourth-order valence-corrected chi connectivity index (χ4v) is 2.91. The van der Waals surface area contributed by atoms with Crippen LogP contribution in [0.2, 0.25) is 0 Å². The monoisotopic (exact) mass is 410 g/mol. The molecule has 0 aromatic heterocycles. The first kappa shape index (κ1) is 23.3. The average Bonchev–Trinajstić information content (AvgIpc) is 2.78. The Kier molecular flexibility index (Phi) is 9.71. The summed E-state index contributed by atoms with van der Waals surface area (Å²) in [5.74, 6) is 1.63. The Hall–Kier alpha value is -3.02. The molecule has 0 spiro atoms. The first-order valence-electron chi connectivity index (χ1n) is 10.6. The third-order valence-electron chi connectivity index (χ3n) is 4.85. The molecule has 0 bridgehead atoms. The summed E-state index contributed by atoms with van der Waals surface area (Å²) in [6.45, 7) is 8.18. The number of carbonyl (C=O) groups is 1. The van der Waals surface area contributed by atoms with E-state index in [-0.39, 0.29) is 11.9 Å². The van der Waals surface area contributed by atoms with E-state index in [2.05, 4.69) is 33.9 Å². The van der Waals surface area contributed by atoms with Crippen molar-refractivity contribution < 1.29 is 9.53 Å². The lowest BCUT2D eigenvalue weighted by Gasteiger charge is -2.13. The van der Waals surface area contributed by atoms with Gasteiger partial charge in [-0.05, 0) is 56.0 Å². The van der Waals surface area contributed by atoms with Crippen LogP contribution in [-0.4, -0.2) is 38.1 Å². The van der Waals surface area contributed by atoms with Gasteiger partial charge in [0, 0.05) is 24.7 Å². The number of hydrogen-bond donors (Lipinski definition) is 3. The SMILES string of the molecule is CCNC(=NCc1ccc(C(=O)NC(C)CC)cc1)NCCc1ccccc1OC. The predicted molar refractivity (Wildman–Crippen MR) is 123 cm³/mol. The van der Waals surface area contributed by atoms with Gasteiger partial charge in [0.2, 0.25) is 0 Å². The van der Waals surface area contributed by atoms with Gasteiger partial charge in [-0.1, -0.05) is 37.3 Å². The number of guanidine groups is 1. The molecule has 0 aliphatic carbocycles. The normalized spacial score (nSPS) is 12.2. The first-order valence-corrected chi connectivity index (χ1v) is 10.6. The lowest BCUT2D eigenvalue weighted by atomic mass is 10.1. The predicted octanol–water partition coefficient (Wildman–Crippen LogP) is 3.52. The molecular weight excluding hydrogens is 376 g/mol. The van der Waals surface area contributed by atoms with Crippen LogP contribution >= 0.6 is 0 Å². The van der Waals surface area contributed by atoms with Crippen molar-refractivity contribution in [2.75, 3.05) is 20.2 Å². The van der Waals surface area contributed by atoms with Gasteiger partial charge in [-0.15, -0.1) is 0 Å². The Bertz CT molecular complexity index is 818. The molecule has 0 aliphatic rings. The first-order chi connectivity index (χ1) is 14.6. The van der Waals surface area contributed by atoms with Crippen LogP contribution in [0.4, 0.5) is 0 Å². The fourth-order valence-electron chi connectivity index (χ4n) is 2.91. The van der Waals surface area contributed by atoms with Crippen molar-refractivity contribution in [1.29, 1.82) is 0 Å². The summed E-state index contributed by atoms with van der Waals surface area (Å²) >= 11 is 0. The van der Waals surface area contributed by atoms with Gasteiger partial charge < -0.3 is 20.7 Å². The minimum absolute atomic E-state index is 0.0363. The quantitative estimate of drug-likeness (QED) is 0.414. The third-order valence-corrected chi connectivity index (χ3v) is 4.85. The number of rotatable bonds is 10. The van der Waals surface area contributed by atoms with Gasteiger partial charge in [-0.3, -0.25) is 4.79 Å². The van der Waals surface area contributed by atoms with Crippen LogP contribution in [0.5, 0.6) is 5.75 Å². The van der Waals surface area contributed by atoms with E-state index in [0.29, 0.717) is 12.1 Å². The number of para-hydroxylation sites is 1. The van der Waals surface area contributed by atoms with Gasteiger partial charge in [0.05, 0.1) is 13.7 Å². The van der Waals surface area contributed by atoms with Crippen LogP contribution in [0, 0.1) is 0 Å². The maximum Gasteiger partial charge on any atom is 0.251 e. The maximum absolute atomic E-state index is 12.2. The van der Waals surface area contributed by atoms with E-state index in [1.807, 2.05) is 56.3 Å². The lowest BCUT2D eigenvalue weighted by Crippen LogP contribution is -2.38. The van der Waals surface area contributed by atoms with E-state index in [0.717, 1.165) is 48.8 Å². The van der Waals surface area contributed by atoms with E-state index in [4.69, 9.17) is 4.74 Å². The number of nitrogens with zero attached hydrogens (tertiary/aromatic N) is 1. The van der Waals surface area contributed by atoms with Crippen molar-refractivity contribution in [3.05, 3.63) is 65.2 Å². The van der Waals surface area contributed by atoms with Crippen molar-refractivity contribution in [2.45, 2.75) is 46.2 Å². The fraction of sp³-hybridized carbons (Fsp3) is 0.417. The Morgan fingerprint density at radius 2 is 1.80 bits per heavy atom. The molecular formula is C24H34N4O2. The van der Waals surface area contributed by atoms with Crippen LogP contribution in [0.3, 0.4) is 0 Å². The number of hydrogen-bond acceptors (Lipinski definition) is 3. The molecule has 0 aliphatic heterocycles. The van der Waals surface area contributed by atoms with Crippen LogP contribution < -0.4 is 20.7 Å². The molecule has 0 saturated carbocycles. The lowest BCUT2D eigenvalue weighted by molar-refractivity contribution is 0.0939. The molecule has 6 heteroatoms. The molecule has 0 heterocycles. The van der Waals surface area contributed by atoms with Crippen LogP contribution in [-0.2, 0) is 13.0 Å². The van der Waals surface area contributed by atoms with Crippen LogP contribution in [0.1, 0.15) is 48.7 Å². The summed E-state index contributed by atoms with van der Waals surface area (Å²) in [6.07, 6.45) is 1.75. The number of amides is 1. The molecule has 0 fully saturated rings. The second kappa shape index (κ2) is 12.5. The third kappa shape index (κ3) is 7.43. The number of ether oxygens (including phenoxy) is 1. The van der Waals surface area contributed by atoms with Gasteiger partial charge in [0.1, 0.15) is 5.75 Å². The zero-order valence-electron chi connectivity index (χ0n) is 18.5. The Labute approximate surface area is 180 Å². The summed E-state index contributed by atoms with van der Waals surface area (Å²) in [6, 6.07) is 15.8. The highest BCUT2D eigenvalue weighted by Gasteiger charge is 2.08. The molecule has 3 N–H and O–H groups in total. The van der Waals surface area contributed by atoms with E-state index in [1.165, 1.54) is 0 Å². The minimum atomic E-state index is -0.0363. The molecule has 1 atom stereocenters. The van der Waals surface area contributed by atoms with Gasteiger partial charge in [-0.25, -0.2) is 4.99 Å². The molecule has 2 rings (SSSR count). The average molecular weight is 411 g/mol. The molecule has 2 aromatic carbocycles. The number of methoxy groups -OCH3 is 1. The topological polar surface area (TPSA) is 74.8 Å². The van der Waals surface area contributed by atoms with Gasteiger partial charge in [-0.2, -0.15) is 0 Å². The van der Waals surface area contributed by atoms with Crippen LogP contribution in [0.15, 0.2) is 53.5 Å². The van der Waals surface area contributed by atoms with Crippen molar-refractivity contribution in [3.8, 4) is 5.75 Å². The van der Waals surface area contributed by atoms with Crippen molar-refractivity contribution in [3.63, 3.8) is 0 Å². The Balaban J connectivity index is 1.91. The van der Waals surface area contributed by atoms with E-state index in [1.54, 1.807) is 7.11 Å². The molecule has 2 aromatic rings. The summed E-state index contributed by atoms with van der Waals surface area (Å²) in [5.41, 5.74) is 2.89. The summed E-state index contributed by atoms with van der Waals surface area (Å²) < 4.78 is 5.41. The second-order valence-electron chi connectivity index (χ2n) is 7.16. The molecule has 1 unspecified atom stereocenters. The van der Waals surface area contributed by atoms with Crippen LogP contribution in [0.25, 0.3) is 0 Å². The Morgan fingerprint density at radius 1 is 1.07 bits per heavy atom. The summed E-state index contributed by atoms with van der Waals surface area (Å²) in [5, 5.41) is 9.62. The smallest absolute Gasteiger partial charge is 0.251 e. The van der Waals surface area contributed by atoms with Crippen molar-refractivity contribution in [1.82, 2.24) is 16.0 Å². The highest BCUT2D eigenvalue weighted by atomic mass is 16.5. The summed E-state index contributed by atoms with van der Waals surface area (Å²) in [7, 11) is 1.69. The number of benzene rings is 2. The molecule has 6 nitrogen and oxygen atoms in total. The zero-order valence-corrected chi connectivity index (χ0v) is 18.5. The second-order valence-corrected chi connectivity index (χ2v) is 7.16. The molecule has 1 amide bonds. The molecule has 30 heavy (non-hydrogen) atoms. The minimum Gasteiger partial charge on any atom is -0.496 e. The molecule has 162 valence electrons. The van der Waals surface area contributed by atoms with E-state index in [9.17, 15) is 4.79 Å². The molecule has 0 radical (unpaired) electrons. The Morgan fingerprint density at radius 3 is 2.47 bits per heavy atom. The number of carbonyl (C=O) groups excluding carboxylic acids is 1. The number of nitrogens with one attached hydrogen (secondary N) is 3. The number of aliphatic imine (C=N–C) groups is 1. The van der Waals surface area contributed by atoms with Crippen molar-refractivity contribution >= 4 is 11.9 Å². The van der Waals surface area contributed by atoms with E-state index < -0.39 is 0 Å². The standard InChI is InChI=1S/C24H34N4O2/c1-5-18(3)28-23(29)21-13-11-19(12-14-21)17-27-24(25-6-2)26-16-15-20-9-7-8-10-22(20)30-4/h7-14,18H,5-6,15-17H2,1-4H3,(H,28,29)(H2,25,26,27).